The fourth-order valence-electron chi connectivity index (χ4n) is 1.26. The van der Waals surface area contributed by atoms with E-state index in [-0.39, 0.29) is 12.4 Å². The van der Waals surface area contributed by atoms with E-state index in [1.165, 1.54) is 18.2 Å². The van der Waals surface area contributed by atoms with Crippen LogP contribution in [0.2, 0.25) is 0 Å². The van der Waals surface area contributed by atoms with E-state index >= 15 is 0 Å². The Bertz CT molecular complexity index is 609. The molecule has 0 aliphatic heterocycles. The number of halogens is 3. The van der Waals surface area contributed by atoms with Gasteiger partial charge in [-0.1, -0.05) is 12.1 Å². The van der Waals surface area contributed by atoms with E-state index in [1.807, 2.05) is 0 Å². The molecule has 0 bridgehead atoms. The van der Waals surface area contributed by atoms with E-state index < -0.39 is 6.36 Å². The molecular weight excluding hydrogens is 301 g/mol. The van der Waals surface area contributed by atoms with Crippen LogP contribution in [0.1, 0.15) is 5.56 Å². The zero-order valence-electron chi connectivity index (χ0n) is 9.23. The minimum absolute atomic E-state index is 0.0746. The number of nitrogens with one attached hydrogen (secondary N) is 1. The van der Waals surface area contributed by atoms with E-state index in [0.717, 1.165) is 11.5 Å². The van der Waals surface area contributed by atoms with Crippen LogP contribution in [-0.4, -0.2) is 15.7 Å². The monoisotopic (exact) mass is 308 g/mol. The molecule has 0 aliphatic carbocycles. The topological polar surface area (TPSA) is 47.1 Å². The van der Waals surface area contributed by atoms with Gasteiger partial charge in [-0.3, -0.25) is 4.37 Å². The van der Waals surface area contributed by atoms with E-state index in [1.54, 1.807) is 6.07 Å². The zero-order valence-corrected chi connectivity index (χ0v) is 10.9. The molecule has 1 aromatic heterocycles. The average molecular weight is 308 g/mol. The molecule has 1 N–H and O–H groups in total. The van der Waals surface area contributed by atoms with Gasteiger partial charge in [0.15, 0.2) is 0 Å². The summed E-state index contributed by atoms with van der Waals surface area (Å²) in [4.78, 5) is 3.85. The van der Waals surface area contributed by atoms with Gasteiger partial charge in [-0.05, 0) is 41.4 Å². The van der Waals surface area contributed by atoms with Gasteiger partial charge in [0.2, 0.25) is 4.77 Å². The second kappa shape index (κ2) is 5.57. The molecule has 4 nitrogen and oxygen atoms in total. The molecule has 19 heavy (non-hydrogen) atoms. The van der Waals surface area contributed by atoms with Crippen LogP contribution in [0, 0.1) is 4.77 Å². The number of alkyl halides is 3. The average Bonchev–Trinajstić information content (AvgIpc) is 2.71. The minimum Gasteiger partial charge on any atom is -0.464 e. The van der Waals surface area contributed by atoms with Crippen molar-refractivity contribution < 1.29 is 22.6 Å². The van der Waals surface area contributed by atoms with Gasteiger partial charge >= 0.3 is 6.36 Å². The summed E-state index contributed by atoms with van der Waals surface area (Å²) in [6.07, 6.45) is -4.71. The molecule has 2 aromatic rings. The maximum Gasteiger partial charge on any atom is 0.573 e. The smallest absolute Gasteiger partial charge is 0.464 e. The highest BCUT2D eigenvalue weighted by Crippen LogP contribution is 2.24. The van der Waals surface area contributed by atoms with Crippen molar-refractivity contribution in [3.8, 4) is 10.9 Å². The molecular formula is C10H7F3N2O2S2. The highest BCUT2D eigenvalue weighted by molar-refractivity contribution is 7.71. The molecule has 0 unspecified atom stereocenters. The second-order valence-corrected chi connectivity index (χ2v) is 4.52. The molecule has 0 atom stereocenters. The highest BCUT2D eigenvalue weighted by Gasteiger charge is 2.31. The summed E-state index contributed by atoms with van der Waals surface area (Å²) < 4.78 is 48.2. The lowest BCUT2D eigenvalue weighted by atomic mass is 10.2. The van der Waals surface area contributed by atoms with Gasteiger partial charge in [-0.15, -0.1) is 13.2 Å². The molecule has 1 aromatic carbocycles. The van der Waals surface area contributed by atoms with Crippen LogP contribution in [0.15, 0.2) is 24.3 Å². The van der Waals surface area contributed by atoms with Crippen molar-refractivity contribution >= 4 is 23.8 Å². The Labute approximate surface area is 115 Å². The molecule has 2 rings (SSSR count). The third-order valence-corrected chi connectivity index (χ3v) is 2.91. The zero-order chi connectivity index (χ0) is 13.9. The lowest BCUT2D eigenvalue weighted by Crippen LogP contribution is -2.17. The van der Waals surface area contributed by atoms with Crippen molar-refractivity contribution in [3.05, 3.63) is 34.6 Å². The number of aromatic amines is 1. The quantitative estimate of drug-likeness (QED) is 0.875. The van der Waals surface area contributed by atoms with Crippen molar-refractivity contribution in [1.29, 1.82) is 0 Å². The predicted molar refractivity (Wildman–Crippen MR) is 64.8 cm³/mol. The fraction of sp³-hybridized carbons (Fsp3) is 0.200. The summed E-state index contributed by atoms with van der Waals surface area (Å²) in [7, 11) is 0. The number of hydrogen-bond acceptors (Lipinski definition) is 5. The Hall–Kier alpha value is -1.61. The summed E-state index contributed by atoms with van der Waals surface area (Å²) in [5, 5.41) is 0.326. The summed E-state index contributed by atoms with van der Waals surface area (Å²) in [6, 6.07) is 5.54. The van der Waals surface area contributed by atoms with E-state index in [0.29, 0.717) is 15.5 Å². The van der Waals surface area contributed by atoms with E-state index in [4.69, 9.17) is 17.0 Å². The number of ether oxygens (including phenoxy) is 2. The van der Waals surface area contributed by atoms with Gasteiger partial charge in [0, 0.05) is 0 Å². The van der Waals surface area contributed by atoms with Crippen molar-refractivity contribution in [3.63, 3.8) is 0 Å². The number of H-pyrrole nitrogens is 1. The van der Waals surface area contributed by atoms with Crippen LogP contribution in [0.5, 0.6) is 10.9 Å². The Kier molecular flexibility index (Phi) is 4.05. The van der Waals surface area contributed by atoms with Gasteiger partial charge in [-0.2, -0.15) is 4.98 Å². The number of aromatic nitrogens is 2. The van der Waals surface area contributed by atoms with Gasteiger partial charge < -0.3 is 9.47 Å². The Morgan fingerprint density at radius 1 is 1.37 bits per heavy atom. The maximum atomic E-state index is 12.0. The van der Waals surface area contributed by atoms with Crippen LogP contribution in [0.25, 0.3) is 0 Å². The molecule has 9 heteroatoms. The van der Waals surface area contributed by atoms with E-state index in [9.17, 15) is 13.2 Å². The molecule has 1 heterocycles. The summed E-state index contributed by atoms with van der Waals surface area (Å²) in [5.41, 5.74) is 0.530. The first-order chi connectivity index (χ1) is 8.92. The molecule has 102 valence electrons. The van der Waals surface area contributed by atoms with Crippen LogP contribution in [0.3, 0.4) is 0 Å². The van der Waals surface area contributed by atoms with Crippen LogP contribution in [0.4, 0.5) is 13.2 Å². The minimum atomic E-state index is -4.71. The molecule has 0 aliphatic rings. The van der Waals surface area contributed by atoms with Gasteiger partial charge in [0.25, 0.3) is 5.19 Å². The van der Waals surface area contributed by atoms with Crippen molar-refractivity contribution in [2.45, 2.75) is 13.0 Å². The van der Waals surface area contributed by atoms with Gasteiger partial charge in [-0.25, -0.2) is 0 Å². The number of hydrogen-bond donors (Lipinski definition) is 1. The first-order valence-electron chi connectivity index (χ1n) is 4.95. The van der Waals surface area contributed by atoms with Crippen molar-refractivity contribution in [2.24, 2.45) is 0 Å². The molecule has 0 fully saturated rings. The summed E-state index contributed by atoms with van der Waals surface area (Å²) in [6.45, 7) is 0.0746. The Morgan fingerprint density at radius 3 is 2.79 bits per heavy atom. The lowest BCUT2D eigenvalue weighted by Gasteiger charge is -2.09. The van der Waals surface area contributed by atoms with Crippen LogP contribution < -0.4 is 9.47 Å². The standard InChI is InChI=1S/C10H7F3N2O2S2/c11-10(12,13)17-7-3-1-2-6(4-7)5-16-9-14-8(18)15-19-9/h1-4H,5H2,(H,15,18). The van der Waals surface area contributed by atoms with Gasteiger partial charge in [0.1, 0.15) is 12.4 Å². The summed E-state index contributed by atoms with van der Waals surface area (Å²) >= 11 is 5.87. The van der Waals surface area contributed by atoms with Crippen LogP contribution in [-0.2, 0) is 6.61 Å². The fourth-order valence-corrected chi connectivity index (χ4v) is 2.00. The SMILES string of the molecule is FC(F)(F)Oc1cccc(COc2nc(=S)[nH]s2)c1. The summed E-state index contributed by atoms with van der Waals surface area (Å²) in [5.74, 6) is -0.289. The third kappa shape index (κ3) is 4.52. The molecule has 0 spiro atoms. The lowest BCUT2D eigenvalue weighted by molar-refractivity contribution is -0.274. The van der Waals surface area contributed by atoms with Crippen molar-refractivity contribution in [1.82, 2.24) is 9.36 Å². The second-order valence-electron chi connectivity index (χ2n) is 3.37. The number of nitrogens with zero attached hydrogens (tertiary/aromatic N) is 1. The molecule has 0 saturated heterocycles. The largest absolute Gasteiger partial charge is 0.573 e. The highest BCUT2D eigenvalue weighted by atomic mass is 32.1. The Morgan fingerprint density at radius 2 is 2.16 bits per heavy atom. The first kappa shape index (κ1) is 13.8. The third-order valence-electron chi connectivity index (χ3n) is 1.91. The normalized spacial score (nSPS) is 11.3. The van der Waals surface area contributed by atoms with Gasteiger partial charge in [0.05, 0.1) is 0 Å². The predicted octanol–water partition coefficient (Wildman–Crippen LogP) is 3.68. The first-order valence-corrected chi connectivity index (χ1v) is 6.18. The van der Waals surface area contributed by atoms with Crippen LogP contribution >= 0.6 is 23.8 Å². The number of benzene rings is 1. The molecule has 0 saturated carbocycles. The Balaban J connectivity index is 2.01. The maximum absolute atomic E-state index is 12.0. The number of rotatable bonds is 4. The molecule has 0 amide bonds. The molecule has 0 radical (unpaired) electrons. The van der Waals surface area contributed by atoms with Crippen molar-refractivity contribution in [2.75, 3.05) is 0 Å². The van der Waals surface area contributed by atoms with E-state index in [2.05, 4.69) is 14.1 Å².